The monoisotopic (exact) mass is 186 g/mol. The van der Waals surface area contributed by atoms with Gasteiger partial charge in [-0.1, -0.05) is 0 Å². The summed E-state index contributed by atoms with van der Waals surface area (Å²) >= 11 is 1.67. The third-order valence-electron chi connectivity index (χ3n) is 2.22. The molecular weight excluding hydrogens is 176 g/mol. The molecule has 0 aromatic carbocycles. The van der Waals surface area contributed by atoms with Crippen LogP contribution in [0.3, 0.4) is 0 Å². The first-order valence-electron chi connectivity index (χ1n) is 3.88. The van der Waals surface area contributed by atoms with E-state index in [0.717, 1.165) is 5.75 Å². The average Bonchev–Trinajstić information content (AvgIpc) is 2.53. The van der Waals surface area contributed by atoms with E-state index >= 15 is 0 Å². The van der Waals surface area contributed by atoms with Crippen LogP contribution in [0.2, 0.25) is 0 Å². The minimum Gasteiger partial charge on any atom is -0.335 e. The number of carbonyl (C=O) groups excluding carboxylic acids is 2. The Kier molecular flexibility index (Phi) is 1.75. The largest absolute Gasteiger partial charge is 0.335 e. The van der Waals surface area contributed by atoms with Crippen molar-refractivity contribution in [3.63, 3.8) is 0 Å². The highest BCUT2D eigenvalue weighted by molar-refractivity contribution is 8.00. The van der Waals surface area contributed by atoms with E-state index in [9.17, 15) is 9.59 Å². The first-order chi connectivity index (χ1) is 5.70. The molecule has 2 heterocycles. The number of ketones is 1. The fourth-order valence-corrected chi connectivity index (χ4v) is 2.98. The Hall–Kier alpha value is -0.710. The first kappa shape index (κ1) is 7.91. The van der Waals surface area contributed by atoms with Gasteiger partial charge in [-0.25, -0.2) is 4.79 Å². The van der Waals surface area contributed by atoms with Crippen molar-refractivity contribution in [2.75, 3.05) is 12.3 Å². The maximum Gasteiger partial charge on any atom is 0.319 e. The van der Waals surface area contributed by atoms with Crippen LogP contribution >= 0.6 is 11.8 Å². The number of thioether (sulfide) groups is 1. The molecule has 5 heteroatoms. The van der Waals surface area contributed by atoms with Crippen LogP contribution in [0.4, 0.5) is 4.79 Å². The fourth-order valence-electron chi connectivity index (χ4n) is 1.57. The molecule has 2 amide bonds. The molecule has 4 nitrogen and oxygen atoms in total. The molecule has 66 valence electrons. The van der Waals surface area contributed by atoms with Crippen LogP contribution < -0.4 is 5.32 Å². The van der Waals surface area contributed by atoms with Crippen molar-refractivity contribution in [3.8, 4) is 0 Å². The summed E-state index contributed by atoms with van der Waals surface area (Å²) in [7, 11) is 0. The number of hydrogen-bond acceptors (Lipinski definition) is 3. The van der Waals surface area contributed by atoms with Gasteiger partial charge in [0.05, 0.1) is 5.37 Å². The van der Waals surface area contributed by atoms with Crippen molar-refractivity contribution in [2.45, 2.75) is 18.3 Å². The molecule has 2 atom stereocenters. The van der Waals surface area contributed by atoms with E-state index in [-0.39, 0.29) is 23.2 Å². The molecule has 0 aromatic heterocycles. The fraction of sp³-hybridized carbons (Fsp3) is 0.714. The lowest BCUT2D eigenvalue weighted by Crippen LogP contribution is -2.41. The number of carbonyl (C=O) groups is 2. The molecule has 1 N–H and O–H groups in total. The predicted octanol–water partition coefficient (Wildman–Crippen LogP) is 0.0421. The van der Waals surface area contributed by atoms with Crippen molar-refractivity contribution >= 4 is 23.6 Å². The summed E-state index contributed by atoms with van der Waals surface area (Å²) in [5, 5.41) is 2.91. The van der Waals surface area contributed by atoms with Gasteiger partial charge in [-0.2, -0.15) is 0 Å². The summed E-state index contributed by atoms with van der Waals surface area (Å²) < 4.78 is 0. The summed E-state index contributed by atoms with van der Waals surface area (Å²) in [5.41, 5.74) is 0. The third-order valence-corrected chi connectivity index (χ3v) is 3.51. The van der Waals surface area contributed by atoms with Gasteiger partial charge in [-0.15, -0.1) is 11.8 Å². The lowest BCUT2D eigenvalue weighted by atomic mass is 10.2. The van der Waals surface area contributed by atoms with Gasteiger partial charge in [0.1, 0.15) is 6.04 Å². The Morgan fingerprint density at radius 1 is 1.75 bits per heavy atom. The molecule has 0 radical (unpaired) electrons. The van der Waals surface area contributed by atoms with E-state index in [1.165, 1.54) is 0 Å². The lowest BCUT2D eigenvalue weighted by Gasteiger charge is -2.18. The van der Waals surface area contributed by atoms with Gasteiger partial charge in [0.2, 0.25) is 0 Å². The minimum atomic E-state index is -0.192. The van der Waals surface area contributed by atoms with Crippen LogP contribution in [0.25, 0.3) is 0 Å². The predicted molar refractivity (Wildman–Crippen MR) is 46.0 cm³/mol. The van der Waals surface area contributed by atoms with E-state index in [4.69, 9.17) is 0 Å². The number of hydrogen-bond donors (Lipinski definition) is 1. The van der Waals surface area contributed by atoms with Gasteiger partial charge in [0.25, 0.3) is 0 Å². The van der Waals surface area contributed by atoms with Gasteiger partial charge in [0, 0.05) is 12.3 Å². The van der Waals surface area contributed by atoms with Crippen molar-refractivity contribution in [1.82, 2.24) is 10.2 Å². The topological polar surface area (TPSA) is 49.4 Å². The van der Waals surface area contributed by atoms with Crippen LogP contribution in [0.15, 0.2) is 0 Å². The molecule has 0 saturated carbocycles. The number of nitrogens with zero attached hydrogens (tertiary/aromatic N) is 1. The van der Waals surface area contributed by atoms with Crippen LogP contribution in [0.5, 0.6) is 0 Å². The molecule has 0 spiro atoms. The van der Waals surface area contributed by atoms with E-state index < -0.39 is 0 Å². The van der Waals surface area contributed by atoms with E-state index in [2.05, 4.69) is 5.32 Å². The molecule has 2 aliphatic heterocycles. The zero-order valence-corrected chi connectivity index (χ0v) is 7.56. The molecule has 0 aliphatic carbocycles. The molecule has 2 fully saturated rings. The average molecular weight is 186 g/mol. The molecular formula is C7H10N2O2S. The van der Waals surface area contributed by atoms with Crippen molar-refractivity contribution < 1.29 is 9.59 Å². The zero-order chi connectivity index (χ0) is 8.72. The van der Waals surface area contributed by atoms with Gasteiger partial charge in [-0.05, 0) is 6.92 Å². The van der Waals surface area contributed by atoms with Crippen LogP contribution in [-0.4, -0.2) is 40.4 Å². The number of Topliss-reactive ketones (excluding diaryl/α,β-unsaturated/α-hetero) is 1. The number of amides is 2. The van der Waals surface area contributed by atoms with Gasteiger partial charge >= 0.3 is 6.03 Å². The second kappa shape index (κ2) is 2.65. The van der Waals surface area contributed by atoms with Gasteiger partial charge < -0.3 is 10.2 Å². The molecule has 2 aliphatic rings. The van der Waals surface area contributed by atoms with Crippen LogP contribution in [0, 0.1) is 0 Å². The number of fused-ring (bicyclic) bond motifs is 1. The summed E-state index contributed by atoms with van der Waals surface area (Å²) in [6, 6.07) is -0.285. The lowest BCUT2D eigenvalue weighted by molar-refractivity contribution is -0.120. The Morgan fingerprint density at radius 2 is 2.50 bits per heavy atom. The Morgan fingerprint density at radius 3 is 3.17 bits per heavy atom. The molecule has 0 aromatic rings. The van der Waals surface area contributed by atoms with Gasteiger partial charge in [-0.3, -0.25) is 4.79 Å². The SMILES string of the molecule is CC(=O)[C@H]1CSC2CNC(=O)N21. The zero-order valence-electron chi connectivity index (χ0n) is 6.74. The maximum atomic E-state index is 11.2. The Balaban J connectivity index is 2.19. The second-order valence-corrected chi connectivity index (χ2v) is 4.22. The van der Waals surface area contributed by atoms with Crippen molar-refractivity contribution in [1.29, 1.82) is 0 Å². The van der Waals surface area contributed by atoms with Gasteiger partial charge in [0.15, 0.2) is 5.78 Å². The molecule has 1 unspecified atom stereocenters. The standard InChI is InChI=1S/C7H10N2O2S/c1-4(10)5-3-12-6-2-8-7(11)9(5)6/h5-6H,2-3H2,1H3,(H,8,11)/t5-,6?/m1/s1. The van der Waals surface area contributed by atoms with Crippen molar-refractivity contribution in [3.05, 3.63) is 0 Å². The number of urea groups is 1. The highest BCUT2D eigenvalue weighted by Gasteiger charge is 2.43. The summed E-state index contributed by atoms with van der Waals surface area (Å²) in [5.74, 6) is 0.843. The maximum absolute atomic E-state index is 11.2. The second-order valence-electron chi connectivity index (χ2n) is 3.01. The van der Waals surface area contributed by atoms with E-state index in [1.807, 2.05) is 0 Å². The molecule has 0 bridgehead atoms. The normalized spacial score (nSPS) is 33.4. The molecule has 2 rings (SSSR count). The summed E-state index contributed by atoms with van der Waals surface area (Å²) in [6.45, 7) is 2.21. The molecule has 2 saturated heterocycles. The Bertz CT molecular complexity index is 244. The van der Waals surface area contributed by atoms with E-state index in [1.54, 1.807) is 23.6 Å². The number of nitrogens with one attached hydrogen (secondary N) is 1. The highest BCUT2D eigenvalue weighted by Crippen LogP contribution is 2.31. The van der Waals surface area contributed by atoms with Crippen LogP contribution in [0.1, 0.15) is 6.92 Å². The van der Waals surface area contributed by atoms with E-state index in [0.29, 0.717) is 6.54 Å². The third kappa shape index (κ3) is 0.998. The highest BCUT2D eigenvalue weighted by atomic mass is 32.2. The van der Waals surface area contributed by atoms with Crippen molar-refractivity contribution in [2.24, 2.45) is 0 Å². The smallest absolute Gasteiger partial charge is 0.319 e. The minimum absolute atomic E-state index is 0.0852. The van der Waals surface area contributed by atoms with Crippen LogP contribution in [-0.2, 0) is 4.79 Å². The molecule has 12 heavy (non-hydrogen) atoms. The number of rotatable bonds is 1. The quantitative estimate of drug-likeness (QED) is 0.629. The Labute approximate surface area is 74.7 Å². The summed E-state index contributed by atoms with van der Waals surface area (Å²) in [6.07, 6.45) is 0. The first-order valence-corrected chi connectivity index (χ1v) is 4.93. The summed E-state index contributed by atoms with van der Waals surface area (Å²) in [4.78, 5) is 24.0.